The van der Waals surface area contributed by atoms with Crippen molar-refractivity contribution in [1.29, 1.82) is 0 Å². The normalized spacial score (nSPS) is 10.7. The Hall–Kier alpha value is -2.03. The Morgan fingerprint density at radius 2 is 1.61 bits per heavy atom. The number of benzene rings is 2. The zero-order valence-electron chi connectivity index (χ0n) is 14.4. The van der Waals surface area contributed by atoms with E-state index in [0.29, 0.717) is 17.9 Å². The second-order valence-corrected chi connectivity index (χ2v) is 5.82. The van der Waals surface area contributed by atoms with Gasteiger partial charge in [0, 0.05) is 0 Å². The molecule has 23 heavy (non-hydrogen) atoms. The molecule has 0 aliphatic heterocycles. The molecular weight excluding hydrogens is 288 g/mol. The van der Waals surface area contributed by atoms with Gasteiger partial charge in [-0.15, -0.1) is 0 Å². The second-order valence-electron chi connectivity index (χ2n) is 5.82. The number of unbranched alkanes of at least 4 members (excludes halogenated alkanes) is 2. The fourth-order valence-corrected chi connectivity index (χ4v) is 2.40. The Kier molecular flexibility index (Phi) is 6.45. The molecule has 0 saturated carbocycles. The Morgan fingerprint density at radius 1 is 0.913 bits per heavy atom. The molecule has 0 unspecified atom stereocenters. The van der Waals surface area contributed by atoms with Crippen molar-refractivity contribution in [1.82, 2.24) is 0 Å². The van der Waals surface area contributed by atoms with Gasteiger partial charge in [0.15, 0.2) is 5.78 Å². The first-order valence-electron chi connectivity index (χ1n) is 8.50. The lowest BCUT2D eigenvalue weighted by Crippen LogP contribution is -2.03. The summed E-state index contributed by atoms with van der Waals surface area (Å²) >= 11 is 0. The molecule has 0 fully saturated rings. The molecule has 2 aromatic rings. The first-order valence-corrected chi connectivity index (χ1v) is 8.50. The highest BCUT2D eigenvalue weighted by atomic mass is 16.5. The van der Waals surface area contributed by atoms with E-state index in [0.717, 1.165) is 48.8 Å². The van der Waals surface area contributed by atoms with Gasteiger partial charge in [0.2, 0.25) is 0 Å². The number of fused-ring (bicyclic) bond motifs is 1. The molecule has 0 aliphatic rings. The van der Waals surface area contributed by atoms with Crippen molar-refractivity contribution in [2.75, 3.05) is 13.2 Å². The molecule has 0 bridgehead atoms. The van der Waals surface area contributed by atoms with Crippen LogP contribution in [-0.2, 0) is 0 Å². The van der Waals surface area contributed by atoms with Crippen LogP contribution < -0.4 is 9.47 Å². The molecule has 124 valence electrons. The standard InChI is InChI=1S/C20H26O3/c1-4-6-10-22-18-9-8-16-13-19(15(3)21)20(14-17(16)12-18)23-11-7-5-2/h8-9,12-14H,4-7,10-11H2,1-3H3. The molecule has 0 spiro atoms. The van der Waals surface area contributed by atoms with Gasteiger partial charge in [-0.1, -0.05) is 32.8 Å². The van der Waals surface area contributed by atoms with E-state index < -0.39 is 0 Å². The van der Waals surface area contributed by atoms with E-state index in [4.69, 9.17) is 9.47 Å². The highest BCUT2D eigenvalue weighted by Crippen LogP contribution is 2.29. The summed E-state index contributed by atoms with van der Waals surface area (Å²) in [6.07, 6.45) is 4.21. The second kappa shape index (κ2) is 8.56. The lowest BCUT2D eigenvalue weighted by atomic mass is 10.0. The van der Waals surface area contributed by atoms with Crippen LogP contribution in [-0.4, -0.2) is 19.0 Å². The lowest BCUT2D eigenvalue weighted by Gasteiger charge is -2.12. The van der Waals surface area contributed by atoms with E-state index in [2.05, 4.69) is 13.8 Å². The third kappa shape index (κ3) is 4.72. The van der Waals surface area contributed by atoms with E-state index in [-0.39, 0.29) is 5.78 Å². The third-order valence-corrected chi connectivity index (χ3v) is 3.81. The van der Waals surface area contributed by atoms with Crippen molar-refractivity contribution in [2.24, 2.45) is 0 Å². The van der Waals surface area contributed by atoms with Gasteiger partial charge in [0.1, 0.15) is 11.5 Å². The minimum atomic E-state index is 0.0293. The summed E-state index contributed by atoms with van der Waals surface area (Å²) in [6, 6.07) is 9.84. The quantitative estimate of drug-likeness (QED) is 0.459. The highest BCUT2D eigenvalue weighted by molar-refractivity contribution is 6.01. The van der Waals surface area contributed by atoms with Crippen LogP contribution in [0, 0.1) is 0 Å². The summed E-state index contributed by atoms with van der Waals surface area (Å²) in [5, 5.41) is 2.07. The molecule has 0 radical (unpaired) electrons. The molecule has 2 aromatic carbocycles. The van der Waals surface area contributed by atoms with Gasteiger partial charge in [-0.3, -0.25) is 4.79 Å². The molecule has 0 heterocycles. The van der Waals surface area contributed by atoms with Crippen LogP contribution in [0.15, 0.2) is 30.3 Å². The molecule has 0 saturated heterocycles. The number of carbonyl (C=O) groups excluding carboxylic acids is 1. The zero-order valence-corrected chi connectivity index (χ0v) is 14.4. The number of ether oxygens (including phenoxy) is 2. The maximum Gasteiger partial charge on any atom is 0.163 e. The van der Waals surface area contributed by atoms with Gasteiger partial charge in [0.05, 0.1) is 18.8 Å². The lowest BCUT2D eigenvalue weighted by molar-refractivity contribution is 0.101. The largest absolute Gasteiger partial charge is 0.494 e. The van der Waals surface area contributed by atoms with Crippen molar-refractivity contribution in [2.45, 2.75) is 46.5 Å². The van der Waals surface area contributed by atoms with E-state index in [9.17, 15) is 4.79 Å². The maximum absolute atomic E-state index is 11.9. The summed E-state index contributed by atoms with van der Waals surface area (Å²) < 4.78 is 11.6. The van der Waals surface area contributed by atoms with Crippen molar-refractivity contribution < 1.29 is 14.3 Å². The average molecular weight is 314 g/mol. The Morgan fingerprint density at radius 3 is 2.26 bits per heavy atom. The Bertz CT molecular complexity index is 661. The molecule has 0 N–H and O–H groups in total. The van der Waals surface area contributed by atoms with Crippen molar-refractivity contribution in [3.05, 3.63) is 35.9 Å². The Labute approximate surface area is 138 Å². The van der Waals surface area contributed by atoms with Crippen LogP contribution in [0.3, 0.4) is 0 Å². The van der Waals surface area contributed by atoms with E-state index in [1.165, 1.54) is 0 Å². The van der Waals surface area contributed by atoms with Crippen LogP contribution >= 0.6 is 0 Å². The van der Waals surface area contributed by atoms with Gasteiger partial charge >= 0.3 is 0 Å². The summed E-state index contributed by atoms with van der Waals surface area (Å²) in [7, 11) is 0. The van der Waals surface area contributed by atoms with Gasteiger partial charge in [-0.25, -0.2) is 0 Å². The minimum Gasteiger partial charge on any atom is -0.494 e. The van der Waals surface area contributed by atoms with Gasteiger partial charge in [-0.2, -0.15) is 0 Å². The molecule has 0 aliphatic carbocycles. The molecule has 0 amide bonds. The number of hydrogen-bond donors (Lipinski definition) is 0. The monoisotopic (exact) mass is 314 g/mol. The third-order valence-electron chi connectivity index (χ3n) is 3.81. The van der Waals surface area contributed by atoms with Crippen molar-refractivity contribution in [3.63, 3.8) is 0 Å². The molecule has 3 nitrogen and oxygen atoms in total. The topological polar surface area (TPSA) is 35.5 Å². The van der Waals surface area contributed by atoms with Crippen molar-refractivity contribution in [3.8, 4) is 11.5 Å². The number of ketones is 1. The van der Waals surface area contributed by atoms with Gasteiger partial charge < -0.3 is 9.47 Å². The van der Waals surface area contributed by atoms with E-state index in [1.54, 1.807) is 6.92 Å². The number of Topliss-reactive ketones (excluding diaryl/α,β-unsaturated/α-hetero) is 1. The first kappa shape index (κ1) is 17.3. The van der Waals surface area contributed by atoms with Gasteiger partial charge in [0.25, 0.3) is 0 Å². The first-order chi connectivity index (χ1) is 11.2. The molecule has 3 heteroatoms. The predicted molar refractivity (Wildman–Crippen MR) is 94.8 cm³/mol. The van der Waals surface area contributed by atoms with Crippen LogP contribution in [0.5, 0.6) is 11.5 Å². The van der Waals surface area contributed by atoms with Crippen LogP contribution in [0.4, 0.5) is 0 Å². The summed E-state index contributed by atoms with van der Waals surface area (Å²) in [4.78, 5) is 11.9. The zero-order chi connectivity index (χ0) is 16.7. The maximum atomic E-state index is 11.9. The van der Waals surface area contributed by atoms with Crippen LogP contribution in [0.25, 0.3) is 10.8 Å². The number of rotatable bonds is 9. The van der Waals surface area contributed by atoms with Crippen LogP contribution in [0.1, 0.15) is 56.8 Å². The fourth-order valence-electron chi connectivity index (χ4n) is 2.40. The summed E-state index contributed by atoms with van der Waals surface area (Å²) in [5.41, 5.74) is 0.647. The molecular formula is C20H26O3. The van der Waals surface area contributed by atoms with Crippen LogP contribution in [0.2, 0.25) is 0 Å². The van der Waals surface area contributed by atoms with E-state index in [1.807, 2.05) is 30.3 Å². The predicted octanol–water partition coefficient (Wildman–Crippen LogP) is 5.40. The summed E-state index contributed by atoms with van der Waals surface area (Å²) in [6.45, 7) is 7.21. The number of carbonyl (C=O) groups is 1. The molecule has 0 atom stereocenters. The fraction of sp³-hybridized carbons (Fsp3) is 0.450. The average Bonchev–Trinajstić information content (AvgIpc) is 2.54. The molecule has 2 rings (SSSR count). The summed E-state index contributed by atoms with van der Waals surface area (Å²) in [5.74, 6) is 1.56. The Balaban J connectivity index is 2.30. The molecule has 0 aromatic heterocycles. The highest BCUT2D eigenvalue weighted by Gasteiger charge is 2.11. The van der Waals surface area contributed by atoms with Gasteiger partial charge in [-0.05, 0) is 54.8 Å². The smallest absolute Gasteiger partial charge is 0.163 e. The minimum absolute atomic E-state index is 0.0293. The van der Waals surface area contributed by atoms with Crippen molar-refractivity contribution >= 4 is 16.6 Å². The van der Waals surface area contributed by atoms with E-state index >= 15 is 0 Å². The number of hydrogen-bond acceptors (Lipinski definition) is 3. The SMILES string of the molecule is CCCCOc1ccc2cc(C(C)=O)c(OCCCC)cc2c1.